The molecular weight excluding hydrogens is 247 g/mol. The van der Waals surface area contributed by atoms with E-state index in [1.54, 1.807) is 12.1 Å². The van der Waals surface area contributed by atoms with Crippen LogP contribution in [0.2, 0.25) is 0 Å². The first kappa shape index (κ1) is 13.8. The fourth-order valence-electron chi connectivity index (χ4n) is 2.20. The summed E-state index contributed by atoms with van der Waals surface area (Å²) in [5, 5.41) is 0. The van der Waals surface area contributed by atoms with Crippen LogP contribution in [0.5, 0.6) is 0 Å². The molecule has 19 heavy (non-hydrogen) atoms. The van der Waals surface area contributed by atoms with Crippen molar-refractivity contribution in [1.82, 2.24) is 4.90 Å². The van der Waals surface area contributed by atoms with E-state index in [9.17, 15) is 4.39 Å². The zero-order chi connectivity index (χ0) is 13.7. The molecule has 0 aromatic heterocycles. The highest BCUT2D eigenvalue weighted by molar-refractivity contribution is 5.75. The molecule has 104 valence electrons. The molecule has 1 fully saturated rings. The fraction of sp³-hybridized carbons (Fsp3) is 0.462. The average molecular weight is 266 g/mol. The maximum atomic E-state index is 13.0. The minimum Gasteiger partial charge on any atom is -0.379 e. The molecule has 1 atom stereocenters. The van der Waals surface area contributed by atoms with E-state index in [4.69, 9.17) is 16.2 Å². The van der Waals surface area contributed by atoms with E-state index in [2.05, 4.69) is 9.89 Å². The molecule has 1 aromatic carbocycles. The number of morpholine rings is 1. The Labute approximate surface area is 112 Å². The maximum Gasteiger partial charge on any atom is 0.185 e. The number of nitrogens with two attached hydrogens (primary N) is 2. The Morgan fingerprint density at radius 2 is 1.89 bits per heavy atom. The zero-order valence-electron chi connectivity index (χ0n) is 10.8. The maximum absolute atomic E-state index is 13.0. The summed E-state index contributed by atoms with van der Waals surface area (Å²) in [7, 11) is 0. The van der Waals surface area contributed by atoms with Gasteiger partial charge < -0.3 is 16.2 Å². The molecule has 1 aliphatic rings. The van der Waals surface area contributed by atoms with Crippen molar-refractivity contribution >= 4 is 5.96 Å². The Morgan fingerprint density at radius 1 is 1.26 bits per heavy atom. The van der Waals surface area contributed by atoms with Gasteiger partial charge in [-0.15, -0.1) is 0 Å². The molecule has 0 bridgehead atoms. The Kier molecular flexibility index (Phi) is 4.70. The lowest BCUT2D eigenvalue weighted by Crippen LogP contribution is -2.40. The largest absolute Gasteiger partial charge is 0.379 e. The van der Waals surface area contributed by atoms with Gasteiger partial charge in [-0.1, -0.05) is 12.1 Å². The van der Waals surface area contributed by atoms with Crippen molar-refractivity contribution in [3.05, 3.63) is 35.6 Å². The van der Waals surface area contributed by atoms with Crippen molar-refractivity contribution in [2.45, 2.75) is 6.04 Å². The van der Waals surface area contributed by atoms with Gasteiger partial charge in [0.05, 0.1) is 25.8 Å². The smallest absolute Gasteiger partial charge is 0.185 e. The van der Waals surface area contributed by atoms with Crippen LogP contribution in [0.4, 0.5) is 4.39 Å². The van der Waals surface area contributed by atoms with Gasteiger partial charge in [0.25, 0.3) is 0 Å². The van der Waals surface area contributed by atoms with Crippen LogP contribution in [0, 0.1) is 5.82 Å². The van der Waals surface area contributed by atoms with Crippen LogP contribution in [-0.2, 0) is 4.74 Å². The average Bonchev–Trinajstić information content (AvgIpc) is 2.42. The SMILES string of the molecule is NC(N)=NCC(c1ccc(F)cc1)N1CCOCC1. The Balaban J connectivity index is 2.17. The summed E-state index contributed by atoms with van der Waals surface area (Å²) in [5.74, 6) is -0.174. The quantitative estimate of drug-likeness (QED) is 0.613. The minimum atomic E-state index is -0.244. The van der Waals surface area contributed by atoms with Gasteiger partial charge in [0.1, 0.15) is 5.82 Å². The van der Waals surface area contributed by atoms with Gasteiger partial charge in [0, 0.05) is 13.1 Å². The topological polar surface area (TPSA) is 76.9 Å². The van der Waals surface area contributed by atoms with Crippen molar-refractivity contribution < 1.29 is 9.13 Å². The van der Waals surface area contributed by atoms with Crippen LogP contribution in [0.1, 0.15) is 11.6 Å². The predicted molar refractivity (Wildman–Crippen MR) is 72.2 cm³/mol. The molecule has 5 nitrogen and oxygen atoms in total. The molecule has 0 spiro atoms. The van der Waals surface area contributed by atoms with Crippen LogP contribution in [0.25, 0.3) is 0 Å². The summed E-state index contributed by atoms with van der Waals surface area (Å²) in [6.45, 7) is 3.50. The van der Waals surface area contributed by atoms with Crippen molar-refractivity contribution in [2.75, 3.05) is 32.8 Å². The molecule has 0 aliphatic carbocycles. The third kappa shape index (κ3) is 3.90. The highest BCUT2D eigenvalue weighted by atomic mass is 19.1. The molecule has 1 saturated heterocycles. The summed E-state index contributed by atoms with van der Waals surface area (Å²) in [4.78, 5) is 6.35. The summed E-state index contributed by atoms with van der Waals surface area (Å²) in [6, 6.07) is 6.51. The number of rotatable bonds is 4. The molecule has 1 aromatic rings. The van der Waals surface area contributed by atoms with Gasteiger partial charge >= 0.3 is 0 Å². The third-order valence-corrected chi connectivity index (χ3v) is 3.19. The van der Waals surface area contributed by atoms with E-state index in [0.717, 1.165) is 18.7 Å². The molecule has 2 rings (SSSR count). The first-order valence-corrected chi connectivity index (χ1v) is 6.29. The number of ether oxygens (including phenoxy) is 1. The van der Waals surface area contributed by atoms with Gasteiger partial charge in [-0.05, 0) is 17.7 Å². The standard InChI is InChI=1S/C13H19FN4O/c14-11-3-1-10(2-4-11)12(9-17-13(15)16)18-5-7-19-8-6-18/h1-4,12H,5-9H2,(H4,15,16,17). The van der Waals surface area contributed by atoms with Gasteiger partial charge in [-0.3, -0.25) is 9.89 Å². The normalized spacial score (nSPS) is 17.9. The molecule has 6 heteroatoms. The first-order chi connectivity index (χ1) is 9.16. The van der Waals surface area contributed by atoms with E-state index in [-0.39, 0.29) is 17.8 Å². The van der Waals surface area contributed by atoms with E-state index < -0.39 is 0 Å². The predicted octanol–water partition coefficient (Wildman–Crippen LogP) is 0.472. The Bertz CT molecular complexity index is 425. The van der Waals surface area contributed by atoms with Crippen molar-refractivity contribution in [2.24, 2.45) is 16.5 Å². The summed E-state index contributed by atoms with van der Waals surface area (Å²) < 4.78 is 18.3. The summed E-state index contributed by atoms with van der Waals surface area (Å²) >= 11 is 0. The van der Waals surface area contributed by atoms with Gasteiger partial charge in [0.15, 0.2) is 5.96 Å². The number of benzene rings is 1. The molecule has 1 aliphatic heterocycles. The lowest BCUT2D eigenvalue weighted by Gasteiger charge is -2.34. The summed E-state index contributed by atoms with van der Waals surface area (Å²) in [5.41, 5.74) is 11.8. The number of halogens is 1. The Morgan fingerprint density at radius 3 is 2.47 bits per heavy atom. The molecule has 4 N–H and O–H groups in total. The third-order valence-electron chi connectivity index (χ3n) is 3.19. The van der Waals surface area contributed by atoms with E-state index >= 15 is 0 Å². The van der Waals surface area contributed by atoms with Crippen LogP contribution in [-0.4, -0.2) is 43.7 Å². The Hall–Kier alpha value is -1.66. The number of hydrogen-bond donors (Lipinski definition) is 2. The van der Waals surface area contributed by atoms with Crippen LogP contribution >= 0.6 is 0 Å². The second-order valence-corrected chi connectivity index (χ2v) is 4.48. The molecule has 1 heterocycles. The van der Waals surface area contributed by atoms with Crippen molar-refractivity contribution in [1.29, 1.82) is 0 Å². The van der Waals surface area contributed by atoms with Crippen LogP contribution in [0.15, 0.2) is 29.3 Å². The van der Waals surface area contributed by atoms with E-state index in [1.165, 1.54) is 12.1 Å². The van der Waals surface area contributed by atoms with E-state index in [0.29, 0.717) is 19.8 Å². The first-order valence-electron chi connectivity index (χ1n) is 6.29. The van der Waals surface area contributed by atoms with Crippen LogP contribution in [0.3, 0.4) is 0 Å². The van der Waals surface area contributed by atoms with E-state index in [1.807, 2.05) is 0 Å². The number of nitrogens with zero attached hydrogens (tertiary/aromatic N) is 2. The zero-order valence-corrected chi connectivity index (χ0v) is 10.8. The van der Waals surface area contributed by atoms with Gasteiger partial charge in [-0.25, -0.2) is 4.39 Å². The molecule has 0 saturated carbocycles. The van der Waals surface area contributed by atoms with Crippen molar-refractivity contribution in [3.63, 3.8) is 0 Å². The highest BCUT2D eigenvalue weighted by Crippen LogP contribution is 2.22. The van der Waals surface area contributed by atoms with Gasteiger partial charge in [-0.2, -0.15) is 0 Å². The van der Waals surface area contributed by atoms with Gasteiger partial charge in [0.2, 0.25) is 0 Å². The highest BCUT2D eigenvalue weighted by Gasteiger charge is 2.22. The molecule has 0 amide bonds. The van der Waals surface area contributed by atoms with Crippen molar-refractivity contribution in [3.8, 4) is 0 Å². The second kappa shape index (κ2) is 6.49. The lowest BCUT2D eigenvalue weighted by molar-refractivity contribution is 0.0180. The minimum absolute atomic E-state index is 0.0478. The fourth-order valence-corrected chi connectivity index (χ4v) is 2.20. The molecule has 0 radical (unpaired) electrons. The molecule has 1 unspecified atom stereocenters. The number of aliphatic imine (C=N–C) groups is 1. The summed E-state index contributed by atoms with van der Waals surface area (Å²) in [6.07, 6.45) is 0. The number of hydrogen-bond acceptors (Lipinski definition) is 3. The monoisotopic (exact) mass is 266 g/mol. The lowest BCUT2D eigenvalue weighted by atomic mass is 10.0. The second-order valence-electron chi connectivity index (χ2n) is 4.48. The number of guanidine groups is 1. The van der Waals surface area contributed by atoms with Crippen LogP contribution < -0.4 is 11.5 Å². The molecular formula is C13H19FN4O.